The molecule has 200 valence electrons. The fourth-order valence-corrected chi connectivity index (χ4v) is 6.40. The van der Waals surface area contributed by atoms with Crippen LogP contribution in [0.15, 0.2) is 53.4 Å². The van der Waals surface area contributed by atoms with Gasteiger partial charge in [0.25, 0.3) is 0 Å². The van der Waals surface area contributed by atoms with Gasteiger partial charge in [-0.2, -0.15) is 9.40 Å². The molecule has 3 heterocycles. The van der Waals surface area contributed by atoms with Crippen molar-refractivity contribution in [3.63, 3.8) is 0 Å². The van der Waals surface area contributed by atoms with Gasteiger partial charge in [0.2, 0.25) is 10.0 Å². The van der Waals surface area contributed by atoms with Gasteiger partial charge in [-0.15, -0.1) is 0 Å². The third kappa shape index (κ3) is 5.00. The van der Waals surface area contributed by atoms with Crippen molar-refractivity contribution < 1.29 is 12.8 Å². The predicted octanol–water partition coefficient (Wildman–Crippen LogP) is 5.33. The molecular formula is C27H30ClFN6O2S. The minimum absolute atomic E-state index is 0.131. The number of aromatic nitrogens is 4. The molecule has 1 saturated heterocycles. The second-order valence-electron chi connectivity index (χ2n) is 9.61. The molecular weight excluding hydrogens is 527 g/mol. The van der Waals surface area contributed by atoms with E-state index in [1.54, 1.807) is 28.9 Å². The number of hydrogen-bond donors (Lipinski definition) is 0. The van der Waals surface area contributed by atoms with Gasteiger partial charge in [0.15, 0.2) is 5.65 Å². The van der Waals surface area contributed by atoms with E-state index in [2.05, 4.69) is 18.7 Å². The number of anilines is 1. The van der Waals surface area contributed by atoms with Crippen molar-refractivity contribution in [2.24, 2.45) is 0 Å². The first kappa shape index (κ1) is 26.5. The molecule has 1 aliphatic rings. The lowest BCUT2D eigenvalue weighted by atomic mass is 10.1. The normalized spacial score (nSPS) is 15.8. The van der Waals surface area contributed by atoms with E-state index in [4.69, 9.17) is 26.7 Å². The van der Waals surface area contributed by atoms with Crippen LogP contribution in [0.5, 0.6) is 0 Å². The van der Waals surface area contributed by atoms with Gasteiger partial charge >= 0.3 is 0 Å². The fourth-order valence-electron chi connectivity index (χ4n) is 4.85. The molecule has 1 fully saturated rings. The first-order chi connectivity index (χ1) is 18.2. The standard InChI is InChI=1S/C27H30ClFN6O2S/c1-4-5-18(2)25-30-26(24-19(3)32-35(27(24)31-25)22-10-8-21(29)9-11-22)33-14-16-34(17-15-33)38(36,37)23-12-6-20(28)7-13-23/h6-13,18H,4-5,14-17H2,1-3H3. The van der Waals surface area contributed by atoms with Crippen molar-refractivity contribution in [3.8, 4) is 5.69 Å². The van der Waals surface area contributed by atoms with Crippen molar-refractivity contribution in [1.29, 1.82) is 0 Å². The Labute approximate surface area is 227 Å². The summed E-state index contributed by atoms with van der Waals surface area (Å²) < 4.78 is 43.3. The topological polar surface area (TPSA) is 84.2 Å². The van der Waals surface area contributed by atoms with Crippen LogP contribution in [0, 0.1) is 12.7 Å². The largest absolute Gasteiger partial charge is 0.353 e. The molecule has 8 nitrogen and oxygen atoms in total. The molecule has 1 unspecified atom stereocenters. The molecule has 0 aliphatic carbocycles. The summed E-state index contributed by atoms with van der Waals surface area (Å²) >= 11 is 5.95. The lowest BCUT2D eigenvalue weighted by Gasteiger charge is -2.35. The van der Waals surface area contributed by atoms with Crippen LogP contribution in [-0.4, -0.2) is 58.7 Å². The number of piperazine rings is 1. The maximum atomic E-state index is 13.6. The van der Waals surface area contributed by atoms with Crippen LogP contribution in [0.2, 0.25) is 5.02 Å². The molecule has 0 amide bonds. The first-order valence-electron chi connectivity index (χ1n) is 12.7. The number of fused-ring (bicyclic) bond motifs is 1. The van der Waals surface area contributed by atoms with E-state index < -0.39 is 10.0 Å². The highest BCUT2D eigenvalue weighted by molar-refractivity contribution is 7.89. The number of hydrogen-bond acceptors (Lipinski definition) is 6. The maximum absolute atomic E-state index is 13.6. The Balaban J connectivity index is 1.51. The molecule has 38 heavy (non-hydrogen) atoms. The van der Waals surface area contributed by atoms with E-state index >= 15 is 0 Å². The number of halogens is 2. The average molecular weight is 557 g/mol. The Morgan fingerprint density at radius 3 is 2.29 bits per heavy atom. The van der Waals surface area contributed by atoms with Gasteiger partial charge in [-0.3, -0.25) is 0 Å². The van der Waals surface area contributed by atoms with E-state index in [0.29, 0.717) is 48.4 Å². The third-order valence-electron chi connectivity index (χ3n) is 6.92. The molecule has 0 radical (unpaired) electrons. The van der Waals surface area contributed by atoms with E-state index in [1.165, 1.54) is 28.6 Å². The second-order valence-corrected chi connectivity index (χ2v) is 12.0. The average Bonchev–Trinajstić information content (AvgIpc) is 3.25. The number of sulfonamides is 1. The molecule has 4 aromatic rings. The molecule has 0 N–H and O–H groups in total. The molecule has 2 aromatic heterocycles. The summed E-state index contributed by atoms with van der Waals surface area (Å²) in [6.07, 6.45) is 1.93. The summed E-state index contributed by atoms with van der Waals surface area (Å²) in [5, 5.41) is 6.05. The highest BCUT2D eigenvalue weighted by Crippen LogP contribution is 2.32. The fraction of sp³-hybridized carbons (Fsp3) is 0.370. The van der Waals surface area contributed by atoms with Crippen LogP contribution in [0.4, 0.5) is 10.2 Å². The van der Waals surface area contributed by atoms with Gasteiger partial charge in [0.1, 0.15) is 17.5 Å². The van der Waals surface area contributed by atoms with E-state index in [9.17, 15) is 12.8 Å². The smallest absolute Gasteiger partial charge is 0.243 e. The molecule has 1 atom stereocenters. The van der Waals surface area contributed by atoms with Gasteiger partial charge in [0.05, 0.1) is 21.7 Å². The second kappa shape index (κ2) is 10.6. The molecule has 0 bridgehead atoms. The van der Waals surface area contributed by atoms with Crippen LogP contribution in [0.1, 0.15) is 44.1 Å². The predicted molar refractivity (Wildman–Crippen MR) is 147 cm³/mol. The maximum Gasteiger partial charge on any atom is 0.243 e. The summed E-state index contributed by atoms with van der Waals surface area (Å²) in [4.78, 5) is 12.3. The molecule has 5 rings (SSSR count). The molecule has 2 aromatic carbocycles. The monoisotopic (exact) mass is 556 g/mol. The zero-order valence-corrected chi connectivity index (χ0v) is 23.2. The van der Waals surface area contributed by atoms with Crippen molar-refractivity contribution in [2.75, 3.05) is 31.1 Å². The molecule has 1 aliphatic heterocycles. The summed E-state index contributed by atoms with van der Waals surface area (Å²) in [7, 11) is -3.63. The summed E-state index contributed by atoms with van der Waals surface area (Å²) in [6.45, 7) is 7.73. The Kier molecular flexibility index (Phi) is 7.39. The summed E-state index contributed by atoms with van der Waals surface area (Å²) in [6, 6.07) is 12.4. The Hall–Kier alpha value is -3.08. The van der Waals surface area contributed by atoms with Gasteiger partial charge in [-0.1, -0.05) is 31.9 Å². The van der Waals surface area contributed by atoms with Crippen LogP contribution in [-0.2, 0) is 10.0 Å². The van der Waals surface area contributed by atoms with Crippen LogP contribution in [0.25, 0.3) is 16.7 Å². The zero-order valence-electron chi connectivity index (χ0n) is 21.6. The number of benzene rings is 2. The number of nitrogens with zero attached hydrogens (tertiary/aromatic N) is 6. The van der Waals surface area contributed by atoms with Crippen LogP contribution >= 0.6 is 11.6 Å². The van der Waals surface area contributed by atoms with Crippen molar-refractivity contribution in [2.45, 2.75) is 44.4 Å². The molecule has 0 saturated carbocycles. The van der Waals surface area contributed by atoms with Gasteiger partial charge in [0, 0.05) is 37.1 Å². The SMILES string of the molecule is CCCC(C)c1nc(N2CCN(S(=O)(=O)c3ccc(Cl)cc3)CC2)c2c(C)nn(-c3ccc(F)cc3)c2n1. The van der Waals surface area contributed by atoms with Crippen LogP contribution < -0.4 is 4.90 Å². The van der Waals surface area contributed by atoms with Crippen molar-refractivity contribution in [1.82, 2.24) is 24.1 Å². The minimum Gasteiger partial charge on any atom is -0.353 e. The molecule has 0 spiro atoms. The van der Waals surface area contributed by atoms with E-state index in [1.807, 2.05) is 6.92 Å². The number of rotatable bonds is 7. The van der Waals surface area contributed by atoms with Gasteiger partial charge in [-0.05, 0) is 61.9 Å². The van der Waals surface area contributed by atoms with E-state index in [0.717, 1.165) is 29.7 Å². The summed E-state index contributed by atoms with van der Waals surface area (Å²) in [5.41, 5.74) is 2.13. The lowest BCUT2D eigenvalue weighted by Crippen LogP contribution is -2.49. The Morgan fingerprint density at radius 1 is 1.00 bits per heavy atom. The lowest BCUT2D eigenvalue weighted by molar-refractivity contribution is 0.384. The zero-order chi connectivity index (χ0) is 27.0. The highest BCUT2D eigenvalue weighted by atomic mass is 35.5. The first-order valence-corrected chi connectivity index (χ1v) is 14.5. The third-order valence-corrected chi connectivity index (χ3v) is 9.09. The number of aryl methyl sites for hydroxylation is 1. The van der Waals surface area contributed by atoms with Gasteiger partial charge < -0.3 is 4.90 Å². The van der Waals surface area contributed by atoms with Crippen molar-refractivity contribution >= 4 is 38.5 Å². The van der Waals surface area contributed by atoms with Crippen molar-refractivity contribution in [3.05, 3.63) is 70.9 Å². The minimum atomic E-state index is -3.63. The molecule has 11 heteroatoms. The van der Waals surface area contributed by atoms with E-state index in [-0.39, 0.29) is 16.6 Å². The summed E-state index contributed by atoms with van der Waals surface area (Å²) in [5.74, 6) is 1.28. The van der Waals surface area contributed by atoms with Crippen LogP contribution in [0.3, 0.4) is 0 Å². The van der Waals surface area contributed by atoms with Gasteiger partial charge in [-0.25, -0.2) is 27.5 Å². The Morgan fingerprint density at radius 2 is 1.66 bits per heavy atom. The Bertz CT molecular complexity index is 1550. The highest BCUT2D eigenvalue weighted by Gasteiger charge is 2.31. The quantitative estimate of drug-likeness (QED) is 0.306.